The minimum atomic E-state index is -0.611. The fourth-order valence-electron chi connectivity index (χ4n) is 1.61. The highest BCUT2D eigenvalue weighted by atomic mass is 19.1. The average Bonchev–Trinajstić information content (AvgIpc) is 2.38. The number of ether oxygens (including phenoxy) is 1. The van der Waals surface area contributed by atoms with Gasteiger partial charge in [-0.2, -0.15) is 0 Å². The highest BCUT2D eigenvalue weighted by Gasteiger charge is 2.06. The zero-order chi connectivity index (χ0) is 13.0. The maximum Gasteiger partial charge on any atom is 0.132 e. The minimum absolute atomic E-state index is 0.0448. The lowest BCUT2D eigenvalue weighted by molar-refractivity contribution is 0.296. The Morgan fingerprint density at radius 1 is 1.00 bits per heavy atom. The van der Waals surface area contributed by atoms with Gasteiger partial charge in [0.05, 0.1) is 0 Å². The van der Waals surface area contributed by atoms with Gasteiger partial charge >= 0.3 is 0 Å². The zero-order valence-corrected chi connectivity index (χ0v) is 9.70. The summed E-state index contributed by atoms with van der Waals surface area (Å²) in [6, 6.07) is 10.7. The molecule has 2 N–H and O–H groups in total. The highest BCUT2D eigenvalue weighted by molar-refractivity contribution is 5.33. The monoisotopic (exact) mass is 249 g/mol. The Kier molecular flexibility index (Phi) is 3.89. The molecule has 4 heteroatoms. The molecule has 2 nitrogen and oxygen atoms in total. The van der Waals surface area contributed by atoms with Gasteiger partial charge in [-0.05, 0) is 18.2 Å². The summed E-state index contributed by atoms with van der Waals surface area (Å²) in [6.45, 7) is 0.394. The Morgan fingerprint density at radius 3 is 2.50 bits per heavy atom. The number of hydrogen-bond acceptors (Lipinski definition) is 2. The molecule has 2 aromatic rings. The molecule has 94 valence electrons. The van der Waals surface area contributed by atoms with Crippen molar-refractivity contribution in [3.05, 3.63) is 65.2 Å². The van der Waals surface area contributed by atoms with Crippen LogP contribution in [0.25, 0.3) is 0 Å². The second-order valence-electron chi connectivity index (χ2n) is 3.84. The lowest BCUT2D eigenvalue weighted by Gasteiger charge is -2.10. The van der Waals surface area contributed by atoms with Gasteiger partial charge in [0.2, 0.25) is 0 Å². The van der Waals surface area contributed by atoms with Crippen LogP contribution in [0.1, 0.15) is 11.1 Å². The van der Waals surface area contributed by atoms with Crippen molar-refractivity contribution in [3.8, 4) is 5.75 Å². The van der Waals surface area contributed by atoms with E-state index >= 15 is 0 Å². The molecule has 0 saturated heterocycles. The third-order valence-corrected chi connectivity index (χ3v) is 2.59. The van der Waals surface area contributed by atoms with Crippen molar-refractivity contribution >= 4 is 0 Å². The van der Waals surface area contributed by atoms with Crippen LogP contribution >= 0.6 is 0 Å². The van der Waals surface area contributed by atoms with Crippen LogP contribution in [0, 0.1) is 11.6 Å². The Hall–Kier alpha value is -1.94. The molecule has 0 fully saturated rings. The molecule has 0 aliphatic carbocycles. The molecule has 0 amide bonds. The number of para-hydroxylation sites is 1. The van der Waals surface area contributed by atoms with E-state index in [0.717, 1.165) is 11.6 Å². The summed E-state index contributed by atoms with van der Waals surface area (Å²) in [6.07, 6.45) is 0. The van der Waals surface area contributed by atoms with E-state index in [-0.39, 0.29) is 6.61 Å². The fourth-order valence-corrected chi connectivity index (χ4v) is 1.61. The average molecular weight is 249 g/mol. The molecule has 0 saturated carbocycles. The SMILES string of the molecule is NCc1ccccc1OCc1ccc(F)cc1F. The molecule has 0 aromatic heterocycles. The molecule has 0 spiro atoms. The van der Waals surface area contributed by atoms with Gasteiger partial charge in [0.1, 0.15) is 24.0 Å². The van der Waals surface area contributed by atoms with Crippen LogP contribution in [-0.4, -0.2) is 0 Å². The molecular weight excluding hydrogens is 236 g/mol. The van der Waals surface area contributed by atoms with Gasteiger partial charge in [-0.25, -0.2) is 8.78 Å². The molecule has 0 bridgehead atoms. The smallest absolute Gasteiger partial charge is 0.132 e. The van der Waals surface area contributed by atoms with Gasteiger partial charge in [-0.3, -0.25) is 0 Å². The second-order valence-corrected chi connectivity index (χ2v) is 3.84. The number of halogens is 2. The first-order chi connectivity index (χ1) is 8.70. The van der Waals surface area contributed by atoms with Gasteiger partial charge in [0, 0.05) is 23.7 Å². The summed E-state index contributed by atoms with van der Waals surface area (Å²) in [5, 5.41) is 0. The van der Waals surface area contributed by atoms with Crippen molar-refractivity contribution in [2.75, 3.05) is 0 Å². The maximum atomic E-state index is 13.4. The second kappa shape index (κ2) is 5.60. The number of rotatable bonds is 4. The van der Waals surface area contributed by atoms with Crippen LogP contribution in [0.5, 0.6) is 5.75 Å². The van der Waals surface area contributed by atoms with E-state index in [9.17, 15) is 8.78 Å². The van der Waals surface area contributed by atoms with Crippen molar-refractivity contribution in [2.24, 2.45) is 5.73 Å². The predicted octanol–water partition coefficient (Wildman–Crippen LogP) is 3.00. The summed E-state index contributed by atoms with van der Waals surface area (Å²) in [7, 11) is 0. The van der Waals surface area contributed by atoms with Crippen molar-refractivity contribution in [3.63, 3.8) is 0 Å². The van der Waals surface area contributed by atoms with E-state index in [1.165, 1.54) is 12.1 Å². The Bertz CT molecular complexity index is 543. The first kappa shape index (κ1) is 12.5. The quantitative estimate of drug-likeness (QED) is 0.904. The molecule has 0 heterocycles. The minimum Gasteiger partial charge on any atom is -0.488 e. The standard InChI is InChI=1S/C14H13F2NO/c15-12-6-5-11(13(16)7-12)9-18-14-4-2-1-3-10(14)8-17/h1-7H,8-9,17H2. The van der Waals surface area contributed by atoms with E-state index in [0.29, 0.717) is 17.9 Å². The third-order valence-electron chi connectivity index (χ3n) is 2.59. The lowest BCUT2D eigenvalue weighted by atomic mass is 10.2. The Labute approximate surface area is 104 Å². The first-order valence-electron chi connectivity index (χ1n) is 5.55. The van der Waals surface area contributed by atoms with Gasteiger partial charge in [-0.1, -0.05) is 18.2 Å². The summed E-state index contributed by atoms with van der Waals surface area (Å²) in [5.74, 6) is -0.595. The van der Waals surface area contributed by atoms with Crippen molar-refractivity contribution in [1.29, 1.82) is 0 Å². The molecule has 18 heavy (non-hydrogen) atoms. The predicted molar refractivity (Wildman–Crippen MR) is 65.0 cm³/mol. The Balaban J connectivity index is 2.11. The Morgan fingerprint density at radius 2 is 1.78 bits per heavy atom. The van der Waals surface area contributed by atoms with Gasteiger partial charge < -0.3 is 10.5 Å². The lowest BCUT2D eigenvalue weighted by Crippen LogP contribution is -2.03. The highest BCUT2D eigenvalue weighted by Crippen LogP contribution is 2.19. The fraction of sp³-hybridized carbons (Fsp3) is 0.143. The van der Waals surface area contributed by atoms with Crippen molar-refractivity contribution in [1.82, 2.24) is 0 Å². The zero-order valence-electron chi connectivity index (χ0n) is 9.70. The number of benzene rings is 2. The first-order valence-corrected chi connectivity index (χ1v) is 5.55. The third kappa shape index (κ3) is 2.84. The van der Waals surface area contributed by atoms with Crippen LogP contribution in [-0.2, 0) is 13.2 Å². The van der Waals surface area contributed by atoms with Gasteiger partial charge in [0.25, 0.3) is 0 Å². The van der Waals surface area contributed by atoms with Crippen LogP contribution in [0.3, 0.4) is 0 Å². The molecule has 2 rings (SSSR count). The van der Waals surface area contributed by atoms with E-state index in [2.05, 4.69) is 0 Å². The topological polar surface area (TPSA) is 35.2 Å². The van der Waals surface area contributed by atoms with Crippen molar-refractivity contribution in [2.45, 2.75) is 13.2 Å². The van der Waals surface area contributed by atoms with Gasteiger partial charge in [-0.15, -0.1) is 0 Å². The van der Waals surface area contributed by atoms with Crippen molar-refractivity contribution < 1.29 is 13.5 Å². The molecule has 0 aliphatic heterocycles. The van der Waals surface area contributed by atoms with Crippen LogP contribution in [0.15, 0.2) is 42.5 Å². The molecule has 0 atom stereocenters. The van der Waals surface area contributed by atoms with Gasteiger partial charge in [0.15, 0.2) is 0 Å². The number of nitrogens with two attached hydrogens (primary N) is 1. The van der Waals surface area contributed by atoms with Crippen LogP contribution in [0.4, 0.5) is 8.78 Å². The molecule has 2 aromatic carbocycles. The summed E-state index contributed by atoms with van der Waals surface area (Å²) < 4.78 is 31.6. The molecule has 0 unspecified atom stereocenters. The number of hydrogen-bond donors (Lipinski definition) is 1. The van der Waals surface area contributed by atoms with E-state index < -0.39 is 11.6 Å². The van der Waals surface area contributed by atoms with Crippen LogP contribution < -0.4 is 10.5 Å². The van der Waals surface area contributed by atoms with Crippen LogP contribution in [0.2, 0.25) is 0 Å². The molecule has 0 aliphatic rings. The summed E-state index contributed by atoms with van der Waals surface area (Å²) in [4.78, 5) is 0. The largest absolute Gasteiger partial charge is 0.488 e. The summed E-state index contributed by atoms with van der Waals surface area (Å²) in [5.41, 5.74) is 6.72. The van der Waals surface area contributed by atoms with E-state index in [4.69, 9.17) is 10.5 Å². The molecule has 0 radical (unpaired) electrons. The molecular formula is C14H13F2NO. The normalized spacial score (nSPS) is 10.4. The summed E-state index contributed by atoms with van der Waals surface area (Å²) >= 11 is 0. The maximum absolute atomic E-state index is 13.4. The van der Waals surface area contributed by atoms with E-state index in [1.54, 1.807) is 6.07 Å². The van der Waals surface area contributed by atoms with E-state index in [1.807, 2.05) is 18.2 Å².